The van der Waals surface area contributed by atoms with Gasteiger partial charge >= 0.3 is 0 Å². The molecule has 0 bridgehead atoms. The van der Waals surface area contributed by atoms with Crippen molar-refractivity contribution in [1.29, 1.82) is 0 Å². The number of carbonyl (C=O) groups excluding carboxylic acids is 1. The van der Waals surface area contributed by atoms with Crippen LogP contribution in [0.1, 0.15) is 25.7 Å². The van der Waals surface area contributed by atoms with Gasteiger partial charge in [-0.15, -0.1) is 0 Å². The van der Waals surface area contributed by atoms with Crippen molar-refractivity contribution < 1.29 is 19.0 Å². The SMILES string of the molecule is COCC1(CNC(=O)C2CC23CCOC3)CCOCC1. The number of hydrogen-bond donors (Lipinski definition) is 1. The molecule has 1 N–H and O–H groups in total. The number of carbonyl (C=O) groups is 1. The van der Waals surface area contributed by atoms with Gasteiger partial charge in [0.15, 0.2) is 0 Å². The molecule has 2 atom stereocenters. The topological polar surface area (TPSA) is 56.8 Å². The quantitative estimate of drug-likeness (QED) is 0.817. The van der Waals surface area contributed by atoms with Crippen molar-refractivity contribution in [2.24, 2.45) is 16.7 Å². The van der Waals surface area contributed by atoms with Gasteiger partial charge in [0, 0.05) is 50.2 Å². The van der Waals surface area contributed by atoms with E-state index in [2.05, 4.69) is 5.32 Å². The van der Waals surface area contributed by atoms with Crippen LogP contribution in [0.5, 0.6) is 0 Å². The molecule has 1 spiro atoms. The summed E-state index contributed by atoms with van der Waals surface area (Å²) in [7, 11) is 1.73. The normalized spacial score (nSPS) is 35.1. The molecule has 20 heavy (non-hydrogen) atoms. The molecule has 1 amide bonds. The summed E-state index contributed by atoms with van der Waals surface area (Å²) in [6, 6.07) is 0. The summed E-state index contributed by atoms with van der Waals surface area (Å²) in [6.45, 7) is 4.50. The fraction of sp³-hybridized carbons (Fsp3) is 0.933. The molecule has 3 rings (SSSR count). The summed E-state index contributed by atoms with van der Waals surface area (Å²) in [4.78, 5) is 12.3. The van der Waals surface area contributed by atoms with Crippen LogP contribution in [0.3, 0.4) is 0 Å². The average molecular weight is 283 g/mol. The van der Waals surface area contributed by atoms with E-state index >= 15 is 0 Å². The van der Waals surface area contributed by atoms with Crippen LogP contribution in [0.2, 0.25) is 0 Å². The van der Waals surface area contributed by atoms with Crippen molar-refractivity contribution in [1.82, 2.24) is 5.32 Å². The molecule has 0 radical (unpaired) electrons. The molecule has 114 valence electrons. The average Bonchev–Trinajstić information content (AvgIpc) is 2.95. The lowest BCUT2D eigenvalue weighted by Gasteiger charge is -2.36. The van der Waals surface area contributed by atoms with Crippen LogP contribution in [-0.2, 0) is 19.0 Å². The summed E-state index contributed by atoms with van der Waals surface area (Å²) in [5.41, 5.74) is 0.227. The zero-order valence-electron chi connectivity index (χ0n) is 12.3. The molecule has 3 fully saturated rings. The van der Waals surface area contributed by atoms with Crippen LogP contribution < -0.4 is 5.32 Å². The van der Waals surface area contributed by atoms with E-state index in [1.165, 1.54) is 0 Å². The Kier molecular flexibility index (Phi) is 4.02. The van der Waals surface area contributed by atoms with E-state index in [1.54, 1.807) is 7.11 Å². The molecular weight excluding hydrogens is 258 g/mol. The van der Waals surface area contributed by atoms with Crippen molar-refractivity contribution in [2.75, 3.05) is 46.7 Å². The summed E-state index contributed by atoms with van der Waals surface area (Å²) in [6.07, 6.45) is 3.96. The number of ether oxygens (including phenoxy) is 3. The lowest BCUT2D eigenvalue weighted by molar-refractivity contribution is -0.124. The Bertz CT molecular complexity index is 353. The molecule has 1 aliphatic carbocycles. The fourth-order valence-electron chi connectivity index (χ4n) is 3.66. The molecule has 1 saturated carbocycles. The molecule has 0 aromatic rings. The highest BCUT2D eigenvalue weighted by atomic mass is 16.5. The summed E-state index contributed by atoms with van der Waals surface area (Å²) < 4.78 is 16.2. The van der Waals surface area contributed by atoms with E-state index < -0.39 is 0 Å². The first-order valence-corrected chi connectivity index (χ1v) is 7.62. The van der Waals surface area contributed by atoms with E-state index in [9.17, 15) is 4.79 Å². The first-order valence-electron chi connectivity index (χ1n) is 7.62. The maximum atomic E-state index is 12.3. The zero-order chi connectivity index (χ0) is 14.1. The fourth-order valence-corrected chi connectivity index (χ4v) is 3.66. The van der Waals surface area contributed by atoms with Gasteiger partial charge in [0.1, 0.15) is 0 Å². The Labute approximate surface area is 120 Å². The highest BCUT2D eigenvalue weighted by Gasteiger charge is 2.59. The standard InChI is InChI=1S/C15H25NO4/c1-18-10-14(2-5-19-6-3-14)9-16-13(17)12-8-15(12)4-7-20-11-15/h12H,2-11H2,1H3,(H,16,17). The second kappa shape index (κ2) is 5.62. The first-order chi connectivity index (χ1) is 9.70. The van der Waals surface area contributed by atoms with Crippen LogP contribution in [0.15, 0.2) is 0 Å². The molecule has 5 nitrogen and oxygen atoms in total. The van der Waals surface area contributed by atoms with Gasteiger partial charge in [0.05, 0.1) is 13.2 Å². The molecule has 2 unspecified atom stereocenters. The van der Waals surface area contributed by atoms with Gasteiger partial charge in [-0.05, 0) is 25.7 Å². The van der Waals surface area contributed by atoms with Crippen molar-refractivity contribution in [3.05, 3.63) is 0 Å². The minimum Gasteiger partial charge on any atom is -0.384 e. The zero-order valence-corrected chi connectivity index (χ0v) is 12.3. The van der Waals surface area contributed by atoms with Crippen molar-refractivity contribution >= 4 is 5.91 Å². The smallest absolute Gasteiger partial charge is 0.223 e. The summed E-state index contributed by atoms with van der Waals surface area (Å²) >= 11 is 0. The van der Waals surface area contributed by atoms with E-state index in [0.29, 0.717) is 13.2 Å². The summed E-state index contributed by atoms with van der Waals surface area (Å²) in [5.74, 6) is 0.377. The molecule has 2 heterocycles. The van der Waals surface area contributed by atoms with E-state index in [1.807, 2.05) is 0 Å². The van der Waals surface area contributed by atoms with Gasteiger partial charge in [-0.25, -0.2) is 0 Å². The highest BCUT2D eigenvalue weighted by molar-refractivity contribution is 5.82. The molecule has 3 aliphatic rings. The number of methoxy groups -OCH3 is 1. The molecule has 5 heteroatoms. The van der Waals surface area contributed by atoms with E-state index in [0.717, 1.165) is 52.1 Å². The predicted molar refractivity (Wildman–Crippen MR) is 73.3 cm³/mol. The van der Waals surface area contributed by atoms with Crippen LogP contribution in [0, 0.1) is 16.7 Å². The lowest BCUT2D eigenvalue weighted by Crippen LogP contribution is -2.44. The van der Waals surface area contributed by atoms with Gasteiger partial charge in [-0.3, -0.25) is 4.79 Å². The monoisotopic (exact) mass is 283 g/mol. The van der Waals surface area contributed by atoms with Gasteiger partial charge in [0.25, 0.3) is 0 Å². The number of rotatable bonds is 5. The van der Waals surface area contributed by atoms with E-state index in [-0.39, 0.29) is 22.7 Å². The van der Waals surface area contributed by atoms with Crippen molar-refractivity contribution in [3.8, 4) is 0 Å². The highest BCUT2D eigenvalue weighted by Crippen LogP contribution is 2.57. The van der Waals surface area contributed by atoms with Crippen LogP contribution >= 0.6 is 0 Å². The van der Waals surface area contributed by atoms with Crippen molar-refractivity contribution in [3.63, 3.8) is 0 Å². The minimum absolute atomic E-state index is 0.0525. The summed E-state index contributed by atoms with van der Waals surface area (Å²) in [5, 5.41) is 3.16. The predicted octanol–water partition coefficient (Wildman–Crippen LogP) is 0.972. The van der Waals surface area contributed by atoms with Gasteiger partial charge in [0.2, 0.25) is 5.91 Å². The Balaban J connectivity index is 1.51. The Morgan fingerprint density at radius 3 is 2.65 bits per heavy atom. The largest absolute Gasteiger partial charge is 0.384 e. The minimum atomic E-state index is 0.0525. The lowest BCUT2D eigenvalue weighted by atomic mass is 9.81. The van der Waals surface area contributed by atoms with E-state index in [4.69, 9.17) is 14.2 Å². The molecule has 2 saturated heterocycles. The Hall–Kier alpha value is -0.650. The van der Waals surface area contributed by atoms with Gasteiger partial charge in [-0.1, -0.05) is 0 Å². The molecule has 2 aliphatic heterocycles. The Morgan fingerprint density at radius 1 is 1.25 bits per heavy atom. The molecule has 0 aromatic carbocycles. The number of nitrogens with one attached hydrogen (secondary N) is 1. The number of amides is 1. The second-order valence-electron chi connectivity index (χ2n) is 6.68. The first kappa shape index (κ1) is 14.3. The maximum Gasteiger partial charge on any atom is 0.223 e. The third-order valence-corrected chi connectivity index (χ3v) is 5.28. The number of hydrogen-bond acceptors (Lipinski definition) is 4. The van der Waals surface area contributed by atoms with Crippen LogP contribution in [-0.4, -0.2) is 52.6 Å². The van der Waals surface area contributed by atoms with Crippen LogP contribution in [0.4, 0.5) is 0 Å². The molecular formula is C15H25NO4. The third kappa shape index (κ3) is 2.71. The van der Waals surface area contributed by atoms with Crippen LogP contribution in [0.25, 0.3) is 0 Å². The Morgan fingerprint density at radius 2 is 2.00 bits per heavy atom. The van der Waals surface area contributed by atoms with Crippen molar-refractivity contribution in [2.45, 2.75) is 25.7 Å². The maximum absolute atomic E-state index is 12.3. The third-order valence-electron chi connectivity index (χ3n) is 5.28. The second-order valence-corrected chi connectivity index (χ2v) is 6.68. The van der Waals surface area contributed by atoms with Gasteiger partial charge in [-0.2, -0.15) is 0 Å². The molecule has 0 aromatic heterocycles. The van der Waals surface area contributed by atoms with Gasteiger partial charge < -0.3 is 19.5 Å².